The van der Waals surface area contributed by atoms with Gasteiger partial charge in [0, 0.05) is 25.2 Å². The standard InChI is InChI=1S/C16H18Br2N2O4/c17-10-8-11-12(13(18)14(10)21)9-2-1-3-19-15(22)16(9,24-11)20-4-6-23-7-5-20/h8-9,21H,1-7H2,(H,19,22)/t9-,16-/m0/s1. The third-order valence-corrected chi connectivity index (χ3v) is 6.45. The molecule has 0 spiro atoms. The first kappa shape index (κ1) is 16.6. The predicted octanol–water partition coefficient (Wildman–Crippen LogP) is 2.33. The van der Waals surface area contributed by atoms with Crippen molar-refractivity contribution in [1.82, 2.24) is 10.2 Å². The number of fused-ring (bicyclic) bond motifs is 3. The van der Waals surface area contributed by atoms with Crippen LogP contribution >= 0.6 is 31.9 Å². The van der Waals surface area contributed by atoms with Gasteiger partial charge in [0.05, 0.1) is 28.1 Å². The van der Waals surface area contributed by atoms with Crippen molar-refractivity contribution in [3.63, 3.8) is 0 Å². The number of halogens is 2. The number of carbonyl (C=O) groups is 1. The lowest BCUT2D eigenvalue weighted by molar-refractivity contribution is -0.165. The van der Waals surface area contributed by atoms with Crippen LogP contribution in [-0.2, 0) is 9.53 Å². The van der Waals surface area contributed by atoms with Gasteiger partial charge < -0.3 is 19.9 Å². The summed E-state index contributed by atoms with van der Waals surface area (Å²) >= 11 is 6.85. The molecule has 8 heteroatoms. The SMILES string of the molecule is O=C1NCCC[C@H]2c3c(cc(Br)c(O)c3Br)O[C@]12N1CCOCC1. The minimum absolute atomic E-state index is 0.106. The fourth-order valence-electron chi connectivity index (χ4n) is 3.95. The lowest BCUT2D eigenvalue weighted by Gasteiger charge is -2.43. The molecule has 2 saturated heterocycles. The van der Waals surface area contributed by atoms with Gasteiger partial charge >= 0.3 is 0 Å². The maximum Gasteiger partial charge on any atom is 0.280 e. The minimum atomic E-state index is -1.07. The number of amides is 1. The van der Waals surface area contributed by atoms with Crippen LogP contribution in [0.15, 0.2) is 15.0 Å². The molecule has 3 aliphatic rings. The van der Waals surface area contributed by atoms with Crippen LogP contribution in [0.4, 0.5) is 0 Å². The van der Waals surface area contributed by atoms with Crippen molar-refractivity contribution < 1.29 is 19.4 Å². The molecule has 4 rings (SSSR count). The number of carbonyl (C=O) groups excluding carboxylic acids is 1. The molecule has 0 aromatic heterocycles. The van der Waals surface area contributed by atoms with E-state index in [1.54, 1.807) is 6.07 Å². The smallest absolute Gasteiger partial charge is 0.280 e. The summed E-state index contributed by atoms with van der Waals surface area (Å²) in [5.74, 6) is 0.534. The highest BCUT2D eigenvalue weighted by Gasteiger charge is 2.59. The Kier molecular flexibility index (Phi) is 4.27. The molecule has 1 amide bonds. The van der Waals surface area contributed by atoms with Crippen LogP contribution in [0.5, 0.6) is 11.5 Å². The van der Waals surface area contributed by atoms with E-state index < -0.39 is 5.72 Å². The van der Waals surface area contributed by atoms with Gasteiger partial charge in [-0.3, -0.25) is 9.69 Å². The average molecular weight is 462 g/mol. The van der Waals surface area contributed by atoms with Gasteiger partial charge in [-0.25, -0.2) is 0 Å². The van der Waals surface area contributed by atoms with E-state index in [0.29, 0.717) is 47.5 Å². The van der Waals surface area contributed by atoms with Crippen molar-refractivity contribution in [2.45, 2.75) is 24.5 Å². The zero-order valence-corrected chi connectivity index (χ0v) is 16.2. The summed E-state index contributed by atoms with van der Waals surface area (Å²) in [5.41, 5.74) is -0.197. The monoisotopic (exact) mass is 460 g/mol. The quantitative estimate of drug-likeness (QED) is 0.671. The number of hydrogen-bond acceptors (Lipinski definition) is 5. The number of aromatic hydroxyl groups is 1. The molecule has 3 aliphatic heterocycles. The van der Waals surface area contributed by atoms with E-state index in [1.807, 2.05) is 0 Å². The zero-order valence-electron chi connectivity index (χ0n) is 13.0. The number of benzene rings is 1. The highest BCUT2D eigenvalue weighted by atomic mass is 79.9. The second-order valence-corrected chi connectivity index (χ2v) is 7.93. The Morgan fingerprint density at radius 1 is 1.33 bits per heavy atom. The maximum atomic E-state index is 13.1. The summed E-state index contributed by atoms with van der Waals surface area (Å²) in [7, 11) is 0. The lowest BCUT2D eigenvalue weighted by Crippen LogP contribution is -2.65. The Morgan fingerprint density at radius 3 is 2.83 bits per heavy atom. The van der Waals surface area contributed by atoms with E-state index in [0.717, 1.165) is 18.4 Å². The van der Waals surface area contributed by atoms with Crippen LogP contribution in [-0.4, -0.2) is 54.5 Å². The highest BCUT2D eigenvalue weighted by Crippen LogP contribution is 2.55. The third kappa shape index (κ3) is 2.30. The molecule has 1 aromatic carbocycles. The van der Waals surface area contributed by atoms with E-state index in [-0.39, 0.29) is 17.6 Å². The average Bonchev–Trinajstić information content (AvgIpc) is 2.83. The van der Waals surface area contributed by atoms with Crippen molar-refractivity contribution in [1.29, 1.82) is 0 Å². The van der Waals surface area contributed by atoms with Gasteiger partial charge in [-0.2, -0.15) is 0 Å². The summed E-state index contributed by atoms with van der Waals surface area (Å²) in [5, 5.41) is 13.3. The first-order valence-electron chi connectivity index (χ1n) is 8.06. The predicted molar refractivity (Wildman–Crippen MR) is 94.2 cm³/mol. The number of nitrogens with one attached hydrogen (secondary N) is 1. The van der Waals surface area contributed by atoms with Gasteiger partial charge in [-0.1, -0.05) is 0 Å². The van der Waals surface area contributed by atoms with Gasteiger partial charge in [0.1, 0.15) is 11.5 Å². The fraction of sp³-hybridized carbons (Fsp3) is 0.562. The molecular formula is C16H18Br2N2O4. The second-order valence-electron chi connectivity index (χ2n) is 6.28. The fourth-order valence-corrected chi connectivity index (χ4v) is 5.31. The van der Waals surface area contributed by atoms with Crippen molar-refractivity contribution in [2.24, 2.45) is 0 Å². The largest absolute Gasteiger partial charge is 0.506 e. The maximum absolute atomic E-state index is 13.1. The third-order valence-electron chi connectivity index (χ3n) is 5.04. The topological polar surface area (TPSA) is 71.0 Å². The van der Waals surface area contributed by atoms with Crippen LogP contribution in [0, 0.1) is 0 Å². The van der Waals surface area contributed by atoms with Gasteiger partial charge in [-0.05, 0) is 50.8 Å². The first-order valence-corrected chi connectivity index (χ1v) is 9.65. The molecule has 2 N–H and O–H groups in total. The molecule has 3 heterocycles. The molecule has 24 heavy (non-hydrogen) atoms. The van der Waals surface area contributed by atoms with Crippen LogP contribution in [0.3, 0.4) is 0 Å². The van der Waals surface area contributed by atoms with Crippen molar-refractivity contribution in [2.75, 3.05) is 32.8 Å². The molecule has 1 aromatic rings. The van der Waals surface area contributed by atoms with Gasteiger partial charge in [0.2, 0.25) is 5.72 Å². The van der Waals surface area contributed by atoms with Gasteiger partial charge in [0.25, 0.3) is 5.91 Å². The van der Waals surface area contributed by atoms with E-state index >= 15 is 0 Å². The Labute approximate surface area is 156 Å². The Bertz CT molecular complexity index is 693. The van der Waals surface area contributed by atoms with Gasteiger partial charge in [0.15, 0.2) is 0 Å². The molecule has 0 aliphatic carbocycles. The van der Waals surface area contributed by atoms with Crippen molar-refractivity contribution in [3.05, 3.63) is 20.6 Å². The molecule has 0 saturated carbocycles. The number of nitrogens with zero attached hydrogens (tertiary/aromatic N) is 1. The summed E-state index contributed by atoms with van der Waals surface area (Å²) in [6, 6.07) is 1.75. The van der Waals surface area contributed by atoms with Crippen molar-refractivity contribution >= 4 is 37.8 Å². The molecule has 0 unspecified atom stereocenters. The van der Waals surface area contributed by atoms with Crippen molar-refractivity contribution in [3.8, 4) is 11.5 Å². The number of rotatable bonds is 1. The van der Waals surface area contributed by atoms with E-state index in [2.05, 4.69) is 42.1 Å². The molecule has 0 radical (unpaired) electrons. The first-order chi connectivity index (χ1) is 11.6. The summed E-state index contributed by atoms with van der Waals surface area (Å²) in [4.78, 5) is 15.1. The Hall–Kier alpha value is -0.830. The Morgan fingerprint density at radius 2 is 2.08 bits per heavy atom. The van der Waals surface area contributed by atoms with E-state index in [9.17, 15) is 9.90 Å². The molecule has 0 bridgehead atoms. The lowest BCUT2D eigenvalue weighted by atomic mass is 9.85. The summed E-state index contributed by atoms with van der Waals surface area (Å²) in [6.07, 6.45) is 1.68. The molecule has 2 atom stereocenters. The number of phenolic OH excluding ortho intramolecular Hbond substituents is 1. The minimum Gasteiger partial charge on any atom is -0.506 e. The van der Waals surface area contributed by atoms with Crippen LogP contribution in [0.1, 0.15) is 24.3 Å². The second kappa shape index (κ2) is 6.16. The normalized spacial score (nSPS) is 30.1. The number of phenols is 1. The highest BCUT2D eigenvalue weighted by molar-refractivity contribution is 9.11. The molecule has 130 valence electrons. The summed E-state index contributed by atoms with van der Waals surface area (Å²) < 4.78 is 12.9. The number of ether oxygens (including phenoxy) is 2. The summed E-state index contributed by atoms with van der Waals surface area (Å²) in [6.45, 7) is 3.08. The van der Waals surface area contributed by atoms with Crippen LogP contribution < -0.4 is 10.1 Å². The molecular weight excluding hydrogens is 444 g/mol. The van der Waals surface area contributed by atoms with E-state index in [4.69, 9.17) is 9.47 Å². The number of hydrogen-bond donors (Lipinski definition) is 2. The number of morpholine rings is 1. The van der Waals surface area contributed by atoms with E-state index in [1.165, 1.54) is 0 Å². The van der Waals surface area contributed by atoms with Gasteiger partial charge in [-0.15, -0.1) is 0 Å². The Balaban J connectivity index is 1.88. The molecule has 2 fully saturated rings. The zero-order chi connectivity index (χ0) is 16.9. The van der Waals surface area contributed by atoms with Crippen LogP contribution in [0.25, 0.3) is 0 Å². The molecule has 6 nitrogen and oxygen atoms in total. The van der Waals surface area contributed by atoms with Crippen LogP contribution in [0.2, 0.25) is 0 Å².